The number of esters is 1. The lowest BCUT2D eigenvalue weighted by Gasteiger charge is -2.18. The zero-order valence-corrected chi connectivity index (χ0v) is 22.5. The molecule has 2 aliphatic rings. The van der Waals surface area contributed by atoms with E-state index in [1.807, 2.05) is 53.1 Å². The molecule has 8 nitrogen and oxygen atoms in total. The first kappa shape index (κ1) is 25.7. The van der Waals surface area contributed by atoms with E-state index >= 15 is 0 Å². The monoisotopic (exact) mass is 538 g/mol. The second-order valence-corrected chi connectivity index (χ2v) is 10.2. The lowest BCUT2D eigenvalue weighted by Crippen LogP contribution is -2.25. The first-order valence-corrected chi connectivity index (χ1v) is 13.5. The number of benzene rings is 3. The van der Waals surface area contributed by atoms with Crippen molar-refractivity contribution in [1.82, 2.24) is 9.47 Å². The molecule has 6 rings (SSSR count). The Hall–Kier alpha value is -4.59. The first-order valence-electron chi connectivity index (χ1n) is 13.5. The van der Waals surface area contributed by atoms with Gasteiger partial charge in [-0.25, -0.2) is 9.59 Å². The van der Waals surface area contributed by atoms with Crippen LogP contribution in [0.3, 0.4) is 0 Å². The van der Waals surface area contributed by atoms with Gasteiger partial charge in [-0.3, -0.25) is 9.69 Å². The van der Waals surface area contributed by atoms with E-state index in [9.17, 15) is 14.4 Å². The molecule has 1 amide bonds. The molecule has 8 heteroatoms. The SMILES string of the molecule is CCOC(=O)c1cn(C2CC2)c2c(OC)c(-c3ccc4c(c3)CN(C(=O)OCc3ccccc3)C4)ccc2c1=O. The normalized spacial score (nSPS) is 14.2. The maximum atomic E-state index is 13.3. The van der Waals surface area contributed by atoms with E-state index in [-0.39, 0.29) is 36.3 Å². The van der Waals surface area contributed by atoms with Crippen LogP contribution >= 0.6 is 0 Å². The minimum atomic E-state index is -0.614. The van der Waals surface area contributed by atoms with Gasteiger partial charge < -0.3 is 18.8 Å². The smallest absolute Gasteiger partial charge is 0.410 e. The van der Waals surface area contributed by atoms with E-state index in [1.54, 1.807) is 31.2 Å². The van der Waals surface area contributed by atoms with E-state index in [0.29, 0.717) is 29.7 Å². The Balaban J connectivity index is 1.32. The van der Waals surface area contributed by atoms with Crippen molar-refractivity contribution < 1.29 is 23.8 Å². The summed E-state index contributed by atoms with van der Waals surface area (Å²) in [6.45, 7) is 3.07. The zero-order valence-electron chi connectivity index (χ0n) is 22.5. The van der Waals surface area contributed by atoms with Gasteiger partial charge in [0.25, 0.3) is 0 Å². The fourth-order valence-corrected chi connectivity index (χ4v) is 5.35. The Kier molecular flexibility index (Phi) is 6.76. The molecular weight excluding hydrogens is 508 g/mol. The number of amides is 1. The van der Waals surface area contributed by atoms with Crippen molar-refractivity contribution in [2.45, 2.75) is 45.5 Å². The van der Waals surface area contributed by atoms with E-state index in [2.05, 4.69) is 6.07 Å². The Labute approximate surface area is 231 Å². The Morgan fingerprint density at radius 3 is 2.45 bits per heavy atom. The van der Waals surface area contributed by atoms with Crippen molar-refractivity contribution in [3.8, 4) is 16.9 Å². The fourth-order valence-electron chi connectivity index (χ4n) is 5.35. The zero-order chi connectivity index (χ0) is 27.8. The minimum Gasteiger partial charge on any atom is -0.494 e. The fraction of sp³-hybridized carbons (Fsp3) is 0.281. The van der Waals surface area contributed by atoms with Gasteiger partial charge in [-0.2, -0.15) is 0 Å². The third-order valence-electron chi connectivity index (χ3n) is 7.49. The summed E-state index contributed by atoms with van der Waals surface area (Å²) in [7, 11) is 1.59. The maximum absolute atomic E-state index is 13.3. The van der Waals surface area contributed by atoms with E-state index in [4.69, 9.17) is 14.2 Å². The summed E-state index contributed by atoms with van der Waals surface area (Å²) in [6.07, 6.45) is 3.19. The lowest BCUT2D eigenvalue weighted by atomic mass is 9.97. The highest BCUT2D eigenvalue weighted by atomic mass is 16.6. The van der Waals surface area contributed by atoms with Gasteiger partial charge in [-0.15, -0.1) is 0 Å². The van der Waals surface area contributed by atoms with Crippen LogP contribution < -0.4 is 10.2 Å². The topological polar surface area (TPSA) is 87.1 Å². The van der Waals surface area contributed by atoms with E-state index in [0.717, 1.165) is 40.7 Å². The molecule has 0 radical (unpaired) electrons. The molecule has 40 heavy (non-hydrogen) atoms. The van der Waals surface area contributed by atoms with Crippen molar-refractivity contribution in [3.63, 3.8) is 0 Å². The third-order valence-corrected chi connectivity index (χ3v) is 7.49. The quantitative estimate of drug-likeness (QED) is 0.275. The molecule has 0 bridgehead atoms. The molecule has 1 saturated carbocycles. The number of fused-ring (bicyclic) bond motifs is 2. The van der Waals surface area contributed by atoms with E-state index < -0.39 is 5.97 Å². The summed E-state index contributed by atoms with van der Waals surface area (Å²) in [5, 5.41) is 0.423. The second kappa shape index (κ2) is 10.5. The molecule has 3 aromatic carbocycles. The molecule has 4 aromatic rings. The average molecular weight is 539 g/mol. The van der Waals surface area contributed by atoms with Crippen molar-refractivity contribution in [2.24, 2.45) is 0 Å². The number of aromatic nitrogens is 1. The predicted octanol–water partition coefficient (Wildman–Crippen LogP) is 5.84. The van der Waals surface area contributed by atoms with Gasteiger partial charge in [-0.05, 0) is 60.2 Å². The van der Waals surface area contributed by atoms with Crippen LogP contribution in [-0.4, -0.2) is 35.2 Å². The predicted molar refractivity (Wildman–Crippen MR) is 150 cm³/mol. The average Bonchev–Trinajstić information content (AvgIpc) is 3.73. The molecule has 204 valence electrons. The van der Waals surface area contributed by atoms with Gasteiger partial charge in [0.15, 0.2) is 5.75 Å². The number of carbonyl (C=O) groups is 2. The van der Waals surface area contributed by atoms with Gasteiger partial charge in [0.1, 0.15) is 12.2 Å². The van der Waals surface area contributed by atoms with Crippen LogP contribution in [0.15, 0.2) is 71.7 Å². The first-order chi connectivity index (χ1) is 19.5. The molecule has 0 spiro atoms. The maximum Gasteiger partial charge on any atom is 0.410 e. The Morgan fingerprint density at radius 2 is 1.73 bits per heavy atom. The summed E-state index contributed by atoms with van der Waals surface area (Å²) < 4.78 is 18.6. The number of carbonyl (C=O) groups excluding carboxylic acids is 2. The van der Waals surface area contributed by atoms with Crippen LogP contribution in [0.5, 0.6) is 5.75 Å². The number of methoxy groups -OCH3 is 1. The molecule has 0 N–H and O–H groups in total. The minimum absolute atomic E-state index is 0.0350. The number of hydrogen-bond donors (Lipinski definition) is 0. The van der Waals surface area contributed by atoms with Crippen LogP contribution in [0.4, 0.5) is 4.79 Å². The highest BCUT2D eigenvalue weighted by Crippen LogP contribution is 2.43. The van der Waals surface area contributed by atoms with Gasteiger partial charge in [0, 0.05) is 30.9 Å². The van der Waals surface area contributed by atoms with Crippen molar-refractivity contribution in [2.75, 3.05) is 13.7 Å². The number of nitrogens with zero attached hydrogens (tertiary/aromatic N) is 2. The molecular formula is C32H30N2O6. The summed E-state index contributed by atoms with van der Waals surface area (Å²) in [6, 6.07) is 19.5. The van der Waals surface area contributed by atoms with Crippen LogP contribution in [0, 0.1) is 0 Å². The molecule has 1 aliphatic heterocycles. The molecule has 1 aromatic heterocycles. The number of pyridine rings is 1. The molecule has 2 heterocycles. The Bertz CT molecular complexity index is 1670. The third kappa shape index (κ3) is 4.70. The molecule has 1 aliphatic carbocycles. The van der Waals surface area contributed by atoms with Crippen LogP contribution in [0.2, 0.25) is 0 Å². The van der Waals surface area contributed by atoms with Gasteiger partial charge in [0.05, 0.1) is 24.6 Å². The number of rotatable bonds is 7. The summed E-state index contributed by atoms with van der Waals surface area (Å²) in [5.74, 6) is -0.0358. The molecule has 0 unspecified atom stereocenters. The highest BCUT2D eigenvalue weighted by molar-refractivity contribution is 5.98. The van der Waals surface area contributed by atoms with Gasteiger partial charge in [0.2, 0.25) is 5.43 Å². The second-order valence-electron chi connectivity index (χ2n) is 10.2. The van der Waals surface area contributed by atoms with Crippen molar-refractivity contribution >= 4 is 23.0 Å². The summed E-state index contributed by atoms with van der Waals surface area (Å²) in [4.78, 5) is 40.3. The molecule has 0 saturated heterocycles. The van der Waals surface area contributed by atoms with Gasteiger partial charge in [-0.1, -0.05) is 42.5 Å². The van der Waals surface area contributed by atoms with Crippen molar-refractivity contribution in [3.05, 3.63) is 99.3 Å². The van der Waals surface area contributed by atoms with Gasteiger partial charge >= 0.3 is 12.1 Å². The van der Waals surface area contributed by atoms with Crippen LogP contribution in [0.1, 0.15) is 52.9 Å². The number of hydrogen-bond acceptors (Lipinski definition) is 6. The van der Waals surface area contributed by atoms with Crippen LogP contribution in [-0.2, 0) is 29.2 Å². The largest absolute Gasteiger partial charge is 0.494 e. The molecule has 0 atom stereocenters. The standard InChI is InChI=1S/C32H30N2O6/c1-3-39-31(36)27-18-34(24-11-12-24)28-26(29(27)35)14-13-25(30(28)38-2)21-9-10-22-16-33(17-23(22)15-21)32(37)40-19-20-7-5-4-6-8-20/h4-10,13-15,18,24H,3,11-12,16-17,19H2,1-2H3. The van der Waals surface area contributed by atoms with Crippen LogP contribution in [0.25, 0.3) is 22.0 Å². The summed E-state index contributed by atoms with van der Waals surface area (Å²) >= 11 is 0. The lowest BCUT2D eigenvalue weighted by molar-refractivity contribution is 0.0524. The highest BCUT2D eigenvalue weighted by Gasteiger charge is 2.30. The number of ether oxygens (including phenoxy) is 3. The summed E-state index contributed by atoms with van der Waals surface area (Å²) in [5.41, 5.74) is 5.13. The van der Waals surface area contributed by atoms with E-state index in [1.165, 1.54) is 0 Å². The molecule has 1 fully saturated rings. The Morgan fingerprint density at radius 1 is 0.950 bits per heavy atom. The van der Waals surface area contributed by atoms with Crippen molar-refractivity contribution in [1.29, 1.82) is 0 Å².